The van der Waals surface area contributed by atoms with Gasteiger partial charge in [-0.1, -0.05) is 36.4 Å². The Morgan fingerprint density at radius 2 is 0.927 bits per heavy atom. The number of aliphatic hydroxyl groups is 2. The van der Waals surface area contributed by atoms with Crippen molar-refractivity contribution in [3.05, 3.63) is 121 Å². The number of hydrogen-bond donors (Lipinski definition) is 2. The number of halogens is 9. The fraction of sp³-hybridized carbons (Fsp3) is 0.243. The summed E-state index contributed by atoms with van der Waals surface area (Å²) in [4.78, 5) is 25.3. The number of aromatic nitrogens is 3. The Bertz CT molecular complexity index is 2190. The molecule has 3 aromatic heterocycles. The van der Waals surface area contributed by atoms with Gasteiger partial charge in [0.15, 0.2) is 6.29 Å². The lowest BCUT2D eigenvalue weighted by Gasteiger charge is -2.06. The molecule has 6 nitrogen and oxygen atoms in total. The predicted molar refractivity (Wildman–Crippen MR) is 194 cm³/mol. The first-order valence-corrected chi connectivity index (χ1v) is 18.2. The van der Waals surface area contributed by atoms with Crippen LogP contribution in [0.1, 0.15) is 66.2 Å². The van der Waals surface area contributed by atoms with Crippen LogP contribution < -0.4 is 0 Å². The van der Waals surface area contributed by atoms with E-state index in [1.54, 1.807) is 27.7 Å². The molecule has 0 aliphatic heterocycles. The van der Waals surface area contributed by atoms with Crippen LogP contribution >= 0.6 is 34.0 Å². The number of alkyl halides is 9. The largest absolute Gasteiger partial charge is 0.416 e. The van der Waals surface area contributed by atoms with Crippen LogP contribution in [0.5, 0.6) is 0 Å². The van der Waals surface area contributed by atoms with E-state index in [1.807, 2.05) is 0 Å². The molecule has 6 aromatic rings. The van der Waals surface area contributed by atoms with Gasteiger partial charge in [0.2, 0.25) is 0 Å². The zero-order valence-electron chi connectivity index (χ0n) is 29.1. The van der Waals surface area contributed by atoms with Crippen LogP contribution in [-0.4, -0.2) is 31.5 Å². The first kappa shape index (κ1) is 43.2. The Kier molecular flexibility index (Phi) is 13.8. The topological polar surface area (TPSA) is 96.2 Å². The molecule has 0 fully saturated rings. The monoisotopic (exact) mass is 831 g/mol. The van der Waals surface area contributed by atoms with Crippen molar-refractivity contribution in [2.24, 2.45) is 0 Å². The van der Waals surface area contributed by atoms with Gasteiger partial charge in [0.25, 0.3) is 0 Å². The SMILES string of the molecule is Cc1nc(-c2ccc(C(F)(F)F)cc2)sc1C(C)O.Cc1nc(-c2ccc(C(F)(F)F)cc2)sc1C=O.Cc1nc(-c2ccc(C(F)(F)F)cc2)sc1CO. The van der Waals surface area contributed by atoms with E-state index in [-0.39, 0.29) is 6.61 Å². The number of hydrogen-bond acceptors (Lipinski definition) is 9. The number of thiazole rings is 3. The van der Waals surface area contributed by atoms with E-state index in [4.69, 9.17) is 5.11 Å². The van der Waals surface area contributed by atoms with Crippen molar-refractivity contribution in [1.82, 2.24) is 15.0 Å². The van der Waals surface area contributed by atoms with E-state index in [2.05, 4.69) is 15.0 Å². The number of aliphatic hydroxyl groups excluding tert-OH is 2. The molecule has 1 unspecified atom stereocenters. The number of carbonyl (C=O) groups is 1. The highest BCUT2D eigenvalue weighted by molar-refractivity contribution is 7.16. The molecule has 55 heavy (non-hydrogen) atoms. The smallest absolute Gasteiger partial charge is 0.391 e. The minimum absolute atomic E-state index is 0.107. The fourth-order valence-corrected chi connectivity index (χ4v) is 7.49. The second-order valence-electron chi connectivity index (χ2n) is 11.6. The zero-order valence-corrected chi connectivity index (χ0v) is 31.5. The molecule has 0 aliphatic carbocycles. The van der Waals surface area contributed by atoms with Gasteiger partial charge in [-0.15, -0.1) is 34.0 Å². The Morgan fingerprint density at radius 3 is 1.22 bits per heavy atom. The van der Waals surface area contributed by atoms with Crippen molar-refractivity contribution >= 4 is 40.3 Å². The van der Waals surface area contributed by atoms with Gasteiger partial charge in [-0.3, -0.25) is 4.79 Å². The molecule has 0 bridgehead atoms. The highest BCUT2D eigenvalue weighted by Crippen LogP contribution is 2.36. The fourth-order valence-electron chi connectivity index (χ4n) is 4.66. The Balaban J connectivity index is 0.000000184. The second kappa shape index (κ2) is 17.5. The summed E-state index contributed by atoms with van der Waals surface area (Å²) in [6.45, 7) is 6.75. The third-order valence-corrected chi connectivity index (χ3v) is 11.3. The molecule has 2 N–H and O–H groups in total. The Labute approximate surface area is 320 Å². The number of aryl methyl sites for hydroxylation is 3. The summed E-state index contributed by atoms with van der Waals surface area (Å²) in [5.41, 5.74) is 1.75. The lowest BCUT2D eigenvalue weighted by atomic mass is 10.1. The molecule has 6 rings (SSSR count). The van der Waals surface area contributed by atoms with Crippen molar-refractivity contribution in [2.45, 2.75) is 58.9 Å². The third kappa shape index (κ3) is 11.3. The van der Waals surface area contributed by atoms with Crippen LogP contribution in [0.4, 0.5) is 39.5 Å². The average Bonchev–Trinajstić information content (AvgIpc) is 3.83. The summed E-state index contributed by atoms with van der Waals surface area (Å²) in [6.07, 6.45) is -12.9. The van der Waals surface area contributed by atoms with Crippen molar-refractivity contribution in [3.8, 4) is 31.7 Å². The molecule has 0 amide bonds. The first-order chi connectivity index (χ1) is 25.6. The molecular weight excluding hydrogens is 802 g/mol. The number of benzene rings is 3. The van der Waals surface area contributed by atoms with Crippen LogP contribution in [0.25, 0.3) is 31.7 Å². The lowest BCUT2D eigenvalue weighted by molar-refractivity contribution is -0.138. The highest BCUT2D eigenvalue weighted by atomic mass is 32.1. The van der Waals surface area contributed by atoms with Gasteiger partial charge in [-0.05, 0) is 64.1 Å². The Morgan fingerprint density at radius 1 is 0.582 bits per heavy atom. The standard InChI is InChI=1S/C13H12F3NOS.C12H10F3NOS.C12H8F3NOS/c1-7-11(8(2)18)19-12(17-7)9-3-5-10(6-4-9)13(14,15)16;2*1-7-10(6-17)18-11(16-7)8-2-4-9(5-3-8)12(13,14)15/h3-6,8,18H,1-2H3;2-5,17H,6H2,1H3;2-6H,1H3. The van der Waals surface area contributed by atoms with Gasteiger partial charge in [0.1, 0.15) is 15.0 Å². The van der Waals surface area contributed by atoms with E-state index in [1.165, 1.54) is 70.4 Å². The minimum atomic E-state index is -4.34. The van der Waals surface area contributed by atoms with E-state index < -0.39 is 41.3 Å². The molecule has 3 heterocycles. The van der Waals surface area contributed by atoms with Crippen molar-refractivity contribution < 1.29 is 54.5 Å². The summed E-state index contributed by atoms with van der Waals surface area (Å²) in [5.74, 6) is 0. The average molecular weight is 832 g/mol. The second-order valence-corrected chi connectivity index (χ2v) is 14.8. The molecule has 292 valence electrons. The maximum Gasteiger partial charge on any atom is 0.416 e. The maximum absolute atomic E-state index is 12.5. The van der Waals surface area contributed by atoms with E-state index >= 15 is 0 Å². The molecule has 18 heteroatoms. The van der Waals surface area contributed by atoms with E-state index in [9.17, 15) is 49.4 Å². The highest BCUT2D eigenvalue weighted by Gasteiger charge is 2.32. The van der Waals surface area contributed by atoms with Gasteiger partial charge in [-0.25, -0.2) is 15.0 Å². The number of nitrogens with zero attached hydrogens (tertiary/aromatic N) is 3. The van der Waals surface area contributed by atoms with Crippen LogP contribution in [0, 0.1) is 20.8 Å². The molecular formula is C37H30F9N3O3S3. The summed E-state index contributed by atoms with van der Waals surface area (Å²) in [7, 11) is 0. The van der Waals surface area contributed by atoms with E-state index in [0.29, 0.717) is 60.0 Å². The predicted octanol–water partition coefficient (Wildman–Crippen LogP) is 11.8. The van der Waals surface area contributed by atoms with Gasteiger partial charge < -0.3 is 10.2 Å². The van der Waals surface area contributed by atoms with Crippen molar-refractivity contribution in [2.75, 3.05) is 0 Å². The maximum atomic E-state index is 12.5. The molecule has 0 radical (unpaired) electrons. The molecule has 0 aliphatic rings. The van der Waals surface area contributed by atoms with Crippen molar-refractivity contribution in [1.29, 1.82) is 0 Å². The van der Waals surface area contributed by atoms with Crippen LogP contribution in [0.2, 0.25) is 0 Å². The minimum Gasteiger partial charge on any atom is -0.391 e. The van der Waals surface area contributed by atoms with Crippen molar-refractivity contribution in [3.63, 3.8) is 0 Å². The molecule has 0 saturated heterocycles. The molecule has 3 aromatic carbocycles. The number of aldehydes is 1. The van der Waals surface area contributed by atoms with Gasteiger partial charge >= 0.3 is 18.5 Å². The number of carbonyl (C=O) groups excluding carboxylic acids is 1. The normalized spacial score (nSPS) is 12.3. The summed E-state index contributed by atoms with van der Waals surface area (Å²) in [6, 6.07) is 14.4. The zero-order chi connectivity index (χ0) is 40.9. The number of rotatable bonds is 6. The summed E-state index contributed by atoms with van der Waals surface area (Å²) in [5, 5.41) is 20.4. The quantitative estimate of drug-likeness (QED) is 0.128. The Hall–Kier alpha value is -4.49. The van der Waals surface area contributed by atoms with Crippen LogP contribution in [0.3, 0.4) is 0 Å². The third-order valence-electron chi connectivity index (χ3n) is 7.57. The lowest BCUT2D eigenvalue weighted by Crippen LogP contribution is -2.03. The van der Waals surface area contributed by atoms with Gasteiger partial charge in [-0.2, -0.15) is 39.5 Å². The summed E-state index contributed by atoms with van der Waals surface area (Å²) >= 11 is 3.74. The van der Waals surface area contributed by atoms with E-state index in [0.717, 1.165) is 46.2 Å². The van der Waals surface area contributed by atoms with Crippen LogP contribution in [0.15, 0.2) is 72.8 Å². The molecule has 1 atom stereocenters. The molecule has 0 saturated carbocycles. The summed E-state index contributed by atoms with van der Waals surface area (Å²) < 4.78 is 112. The first-order valence-electron chi connectivity index (χ1n) is 15.8. The van der Waals surface area contributed by atoms with Gasteiger partial charge in [0.05, 0.1) is 61.1 Å². The molecule has 0 spiro atoms. The van der Waals surface area contributed by atoms with Crippen LogP contribution in [-0.2, 0) is 25.1 Å². The van der Waals surface area contributed by atoms with Gasteiger partial charge in [0, 0.05) is 16.7 Å².